The minimum Gasteiger partial charge on any atom is -0.481 e. The number of rotatable bonds is 31. The van der Waals surface area contributed by atoms with Gasteiger partial charge in [-0.2, -0.15) is 11.8 Å². The summed E-state index contributed by atoms with van der Waals surface area (Å²) >= 11 is 1.38. The van der Waals surface area contributed by atoms with Crippen molar-refractivity contribution in [1.82, 2.24) is 37.2 Å². The number of aliphatic hydroxyl groups excluding tert-OH is 1. The maximum Gasteiger partial charge on any atom is 0.305 e. The van der Waals surface area contributed by atoms with E-state index in [-0.39, 0.29) is 31.1 Å². The van der Waals surface area contributed by atoms with Crippen LogP contribution in [0.1, 0.15) is 95.4 Å². The Morgan fingerprint density at radius 3 is 1.67 bits per heavy atom. The molecule has 0 fully saturated rings. The molecule has 75 heavy (non-hydrogen) atoms. The highest BCUT2D eigenvalue weighted by Crippen LogP contribution is 2.22. The van der Waals surface area contributed by atoms with Gasteiger partial charge in [-0.3, -0.25) is 47.9 Å². The van der Waals surface area contributed by atoms with Gasteiger partial charge in [0.25, 0.3) is 5.91 Å². The molecule has 3 aromatic rings. The number of aliphatic carboxylic acids is 3. The van der Waals surface area contributed by atoms with Gasteiger partial charge in [0.2, 0.25) is 35.4 Å². The fraction of sp³-hybridized carbons (Fsp3) is 0.472. The van der Waals surface area contributed by atoms with Gasteiger partial charge in [-0.05, 0) is 53.4 Å². The lowest BCUT2D eigenvalue weighted by molar-refractivity contribution is -0.142. The normalized spacial score (nSPS) is 14.0. The molecule has 22 heteroatoms. The van der Waals surface area contributed by atoms with E-state index < -0.39 is 139 Å². The first-order valence-corrected chi connectivity index (χ1v) is 25.6. The predicted octanol–water partition coefficient (Wildman–Crippen LogP) is 2.35. The van der Waals surface area contributed by atoms with Gasteiger partial charge in [0, 0.05) is 37.3 Å². The molecule has 0 saturated heterocycles. The molecule has 0 aliphatic carbocycles. The van der Waals surface area contributed by atoms with Gasteiger partial charge in [-0.1, -0.05) is 120 Å². The Kier molecular flexibility index (Phi) is 25.4. The zero-order valence-electron chi connectivity index (χ0n) is 43.1. The van der Waals surface area contributed by atoms with Crippen LogP contribution >= 0.6 is 11.8 Å². The van der Waals surface area contributed by atoms with Crippen LogP contribution in [0, 0.1) is 18.3 Å². The van der Waals surface area contributed by atoms with E-state index in [4.69, 9.17) is 5.11 Å². The van der Waals surface area contributed by atoms with Crippen molar-refractivity contribution >= 4 is 71.0 Å². The van der Waals surface area contributed by atoms with Crippen LogP contribution in [0.2, 0.25) is 0 Å². The van der Waals surface area contributed by atoms with E-state index in [0.717, 1.165) is 11.1 Å². The lowest BCUT2D eigenvalue weighted by Gasteiger charge is -2.34. The van der Waals surface area contributed by atoms with Gasteiger partial charge in [-0.15, -0.1) is 0 Å². The summed E-state index contributed by atoms with van der Waals surface area (Å²) < 4.78 is 0. The number of thioether (sulfide) groups is 1. The Morgan fingerprint density at radius 1 is 0.560 bits per heavy atom. The van der Waals surface area contributed by atoms with Gasteiger partial charge >= 0.3 is 17.9 Å². The van der Waals surface area contributed by atoms with Crippen LogP contribution in [0.15, 0.2) is 84.9 Å². The molecule has 0 radical (unpaired) electrons. The molecule has 0 heterocycles. The Balaban J connectivity index is 1.93. The molecule has 3 aromatic carbocycles. The first-order valence-electron chi connectivity index (χ1n) is 24.5. The van der Waals surface area contributed by atoms with Crippen molar-refractivity contribution in [3.63, 3.8) is 0 Å². The third-order valence-electron chi connectivity index (χ3n) is 11.6. The van der Waals surface area contributed by atoms with Gasteiger partial charge < -0.3 is 57.6 Å². The van der Waals surface area contributed by atoms with Crippen LogP contribution in [0.3, 0.4) is 0 Å². The molecule has 11 N–H and O–H groups in total. The van der Waals surface area contributed by atoms with Crippen LogP contribution in [-0.2, 0) is 66.7 Å². The standard InChI is InChI=1S/C53H71N7O14S/c1-31(2)25-37(48(70)59-40(30-75-29-34-18-11-8-12-19-34)45(68)51(73)54-28-33-16-9-7-10-17-33)58-52(74)46(53(4,5)6)60-50(72)38(26-35-20-14-13-15-32(35)3)57-47(69)36(21-23-42(62)63)56-49(71)39(27-44(66)67)55-41(61)22-24-43(64)65/h7-20,31,36-40,45-46,68H,21-30H2,1-6H3,(H,54,73)(H,55,61)(H,56,71)(H,57,69)(H,58,74)(H,59,70)(H,60,72)(H,62,63)(H,64,65)(H,66,67)/t36-,37-,38-,39-,40-,45?,46+/m0/s1. The molecule has 0 bridgehead atoms. The number of hydrogen-bond acceptors (Lipinski definition) is 12. The number of carbonyl (C=O) groups is 10. The van der Waals surface area contributed by atoms with Crippen molar-refractivity contribution in [2.75, 3.05) is 5.75 Å². The summed E-state index contributed by atoms with van der Waals surface area (Å²) in [6.45, 7) is 10.5. The van der Waals surface area contributed by atoms with E-state index in [0.29, 0.717) is 16.9 Å². The van der Waals surface area contributed by atoms with Gasteiger partial charge in [0.1, 0.15) is 30.2 Å². The minimum atomic E-state index is -1.82. The second-order valence-electron chi connectivity index (χ2n) is 19.6. The second-order valence-corrected chi connectivity index (χ2v) is 20.6. The Labute approximate surface area is 440 Å². The smallest absolute Gasteiger partial charge is 0.305 e. The van der Waals surface area contributed by atoms with Crippen LogP contribution < -0.4 is 37.2 Å². The first kappa shape index (κ1) is 62.0. The maximum atomic E-state index is 14.6. The summed E-state index contributed by atoms with van der Waals surface area (Å²) in [7, 11) is 0. The van der Waals surface area contributed by atoms with E-state index in [1.165, 1.54) is 11.8 Å². The monoisotopic (exact) mass is 1060 g/mol. The highest BCUT2D eigenvalue weighted by atomic mass is 32.2. The number of aliphatic hydroxyl groups is 1. The SMILES string of the molecule is Cc1ccccc1C[C@H](NC(=O)[C@H](CCC(=O)O)NC(=O)[C@H](CC(=O)O)NC(=O)CCC(=O)O)C(=O)N[C@H](C(=O)N[C@@H](CC(C)C)C(=O)N[C@@H](CSCc1ccccc1)C(O)C(=O)NCc1ccccc1)C(C)(C)C. The number of hydrogen-bond donors (Lipinski definition) is 11. The van der Waals surface area contributed by atoms with Gasteiger partial charge in [-0.25, -0.2) is 0 Å². The summed E-state index contributed by atoms with van der Waals surface area (Å²) in [5.41, 5.74) is 1.98. The highest BCUT2D eigenvalue weighted by molar-refractivity contribution is 7.98. The minimum absolute atomic E-state index is 0.0946. The first-order chi connectivity index (χ1) is 35.3. The zero-order chi connectivity index (χ0) is 55.8. The molecule has 7 atom stereocenters. The van der Waals surface area contributed by atoms with E-state index in [1.54, 1.807) is 64.1 Å². The van der Waals surface area contributed by atoms with Gasteiger partial charge in [0.05, 0.1) is 18.9 Å². The fourth-order valence-electron chi connectivity index (χ4n) is 7.54. The highest BCUT2D eigenvalue weighted by Gasteiger charge is 2.39. The van der Waals surface area contributed by atoms with Crippen molar-refractivity contribution in [2.45, 2.75) is 141 Å². The number of nitrogens with one attached hydrogen (secondary N) is 7. The Bertz CT molecular complexity index is 2440. The Morgan fingerprint density at radius 2 is 1.09 bits per heavy atom. The summed E-state index contributed by atoms with van der Waals surface area (Å²) in [5, 5.41) is 57.4. The molecule has 0 aliphatic heterocycles. The van der Waals surface area contributed by atoms with E-state index in [2.05, 4.69) is 37.2 Å². The van der Waals surface area contributed by atoms with Crippen LogP contribution in [0.4, 0.5) is 0 Å². The molecule has 0 aromatic heterocycles. The molecule has 21 nitrogen and oxygen atoms in total. The zero-order valence-corrected chi connectivity index (χ0v) is 43.9. The summed E-state index contributed by atoms with van der Waals surface area (Å²) in [6, 6.07) is 16.6. The predicted molar refractivity (Wildman–Crippen MR) is 278 cm³/mol. The van der Waals surface area contributed by atoms with E-state index >= 15 is 0 Å². The lowest BCUT2D eigenvalue weighted by Crippen LogP contribution is -2.62. The average molecular weight is 1060 g/mol. The quantitative estimate of drug-likeness (QED) is 0.0441. The van der Waals surface area contributed by atoms with Crippen molar-refractivity contribution < 1.29 is 68.4 Å². The third-order valence-corrected chi connectivity index (χ3v) is 12.8. The molecule has 0 aliphatic rings. The fourth-order valence-corrected chi connectivity index (χ4v) is 8.61. The number of carboxylic acid groups (broad SMARTS) is 3. The molecule has 0 saturated carbocycles. The van der Waals surface area contributed by atoms with Crippen molar-refractivity contribution in [3.05, 3.63) is 107 Å². The van der Waals surface area contributed by atoms with Crippen molar-refractivity contribution in [2.24, 2.45) is 11.3 Å². The van der Waals surface area contributed by atoms with Crippen LogP contribution in [-0.4, -0.2) is 128 Å². The van der Waals surface area contributed by atoms with Crippen LogP contribution in [0.25, 0.3) is 0 Å². The largest absolute Gasteiger partial charge is 0.481 e. The molecular formula is C53H71N7O14S. The average Bonchev–Trinajstić information content (AvgIpc) is 3.34. The summed E-state index contributed by atoms with van der Waals surface area (Å²) in [4.78, 5) is 131. The second kappa shape index (κ2) is 30.8. The summed E-state index contributed by atoms with van der Waals surface area (Å²) in [6.07, 6.45) is -5.27. The molecule has 1 unspecified atom stereocenters. The number of amides is 7. The number of aryl methyl sites for hydroxylation is 1. The lowest BCUT2D eigenvalue weighted by atomic mass is 9.85. The summed E-state index contributed by atoms with van der Waals surface area (Å²) in [5.74, 6) is -10.2. The Hall–Kier alpha value is -7.33. The molecule has 7 amide bonds. The van der Waals surface area contributed by atoms with Gasteiger partial charge in [0.15, 0.2) is 6.10 Å². The molecule has 0 spiro atoms. The van der Waals surface area contributed by atoms with E-state index in [1.807, 2.05) is 62.4 Å². The van der Waals surface area contributed by atoms with Crippen LogP contribution in [0.5, 0.6) is 0 Å². The van der Waals surface area contributed by atoms with E-state index in [9.17, 15) is 63.3 Å². The molecule has 408 valence electrons. The topological polar surface area (TPSA) is 336 Å². The molecule has 3 rings (SSSR count). The number of benzene rings is 3. The number of carboxylic acids is 3. The number of carbonyl (C=O) groups excluding carboxylic acids is 7. The van der Waals surface area contributed by atoms with Crippen molar-refractivity contribution in [3.8, 4) is 0 Å². The molecular weight excluding hydrogens is 991 g/mol. The third kappa shape index (κ3) is 22.8. The maximum absolute atomic E-state index is 14.6. The van der Waals surface area contributed by atoms with Crippen molar-refractivity contribution in [1.29, 1.82) is 0 Å².